The van der Waals surface area contributed by atoms with E-state index in [1.165, 1.54) is 4.90 Å². The second kappa shape index (κ2) is 7.87. The van der Waals surface area contributed by atoms with E-state index < -0.39 is 0 Å². The molecule has 0 unspecified atom stereocenters. The number of nitrogens with zero attached hydrogens (tertiary/aromatic N) is 1. The maximum Gasteiger partial charge on any atom is 0.293 e. The molecule has 1 fully saturated rings. The number of furan rings is 1. The monoisotopic (exact) mass is 429 g/mol. The molecule has 1 aliphatic rings. The van der Waals surface area contributed by atoms with Crippen molar-refractivity contribution in [1.82, 2.24) is 4.90 Å². The SMILES string of the molecule is O=C1S/C(=C\c2ccc(-c3ccccc3)o2)C(=O)N1Cc1ccc(Cl)c(Cl)c1. The molecule has 2 heterocycles. The molecule has 0 spiro atoms. The highest BCUT2D eigenvalue weighted by Crippen LogP contribution is 2.35. The van der Waals surface area contributed by atoms with Gasteiger partial charge in [0.15, 0.2) is 0 Å². The molecular formula is C21H13Cl2NO3S. The lowest BCUT2D eigenvalue weighted by Crippen LogP contribution is -2.27. The van der Waals surface area contributed by atoms with Crippen molar-refractivity contribution in [2.75, 3.05) is 0 Å². The molecule has 1 aliphatic heterocycles. The molecule has 4 nitrogen and oxygen atoms in total. The number of amides is 2. The molecule has 0 bridgehead atoms. The second-order valence-corrected chi connectivity index (χ2v) is 7.89. The third kappa shape index (κ3) is 3.87. The molecule has 3 aromatic rings. The van der Waals surface area contributed by atoms with Gasteiger partial charge in [-0.25, -0.2) is 0 Å². The Morgan fingerprint density at radius 3 is 2.50 bits per heavy atom. The maximum absolute atomic E-state index is 12.7. The summed E-state index contributed by atoms with van der Waals surface area (Å²) in [6.07, 6.45) is 1.59. The Kier molecular flexibility index (Phi) is 5.31. The summed E-state index contributed by atoms with van der Waals surface area (Å²) in [6, 6.07) is 18.3. The van der Waals surface area contributed by atoms with E-state index in [0.29, 0.717) is 26.5 Å². The lowest BCUT2D eigenvalue weighted by Gasteiger charge is -2.12. The number of benzene rings is 2. The van der Waals surface area contributed by atoms with E-state index in [2.05, 4.69) is 0 Å². The van der Waals surface area contributed by atoms with Gasteiger partial charge < -0.3 is 4.42 Å². The van der Waals surface area contributed by atoms with Crippen LogP contribution in [0.5, 0.6) is 0 Å². The van der Waals surface area contributed by atoms with Crippen molar-refractivity contribution < 1.29 is 14.0 Å². The summed E-state index contributed by atoms with van der Waals surface area (Å²) >= 11 is 12.8. The normalized spacial score (nSPS) is 15.6. The largest absolute Gasteiger partial charge is 0.457 e. The Hall–Kier alpha value is -2.47. The summed E-state index contributed by atoms with van der Waals surface area (Å²) in [4.78, 5) is 26.5. The zero-order valence-electron chi connectivity index (χ0n) is 14.4. The molecule has 7 heteroatoms. The summed E-state index contributed by atoms with van der Waals surface area (Å²) < 4.78 is 5.79. The van der Waals surface area contributed by atoms with Crippen molar-refractivity contribution >= 4 is 52.2 Å². The Labute approximate surface area is 175 Å². The lowest BCUT2D eigenvalue weighted by atomic mass is 10.2. The molecule has 0 N–H and O–H groups in total. The highest BCUT2D eigenvalue weighted by atomic mass is 35.5. The molecule has 2 aromatic carbocycles. The molecule has 28 heavy (non-hydrogen) atoms. The van der Waals surface area contributed by atoms with Gasteiger partial charge in [-0.15, -0.1) is 0 Å². The first-order valence-electron chi connectivity index (χ1n) is 8.36. The molecule has 140 valence electrons. The number of hydrogen-bond donors (Lipinski definition) is 0. The zero-order chi connectivity index (χ0) is 19.7. The standard InChI is InChI=1S/C21H13Cl2NO3S/c22-16-8-6-13(10-17(16)23)12-24-20(25)19(28-21(24)26)11-15-7-9-18(27-15)14-4-2-1-3-5-14/h1-11H,12H2/b19-11-. The first kappa shape index (κ1) is 18.9. The maximum atomic E-state index is 12.7. The van der Waals surface area contributed by atoms with E-state index in [4.69, 9.17) is 27.6 Å². The van der Waals surface area contributed by atoms with Crippen LogP contribution in [0.4, 0.5) is 4.79 Å². The lowest BCUT2D eigenvalue weighted by molar-refractivity contribution is -0.123. The molecule has 0 atom stereocenters. The Bertz CT molecular complexity index is 1090. The quantitative estimate of drug-likeness (QED) is 0.444. The van der Waals surface area contributed by atoms with Gasteiger partial charge >= 0.3 is 0 Å². The van der Waals surface area contributed by atoms with E-state index in [9.17, 15) is 9.59 Å². The van der Waals surface area contributed by atoms with Gasteiger partial charge in [0.25, 0.3) is 11.1 Å². The number of thioether (sulfide) groups is 1. The molecule has 1 aromatic heterocycles. The van der Waals surface area contributed by atoms with Crippen molar-refractivity contribution in [1.29, 1.82) is 0 Å². The minimum atomic E-state index is -0.362. The summed E-state index contributed by atoms with van der Waals surface area (Å²) in [5.41, 5.74) is 1.66. The van der Waals surface area contributed by atoms with Crippen LogP contribution in [-0.4, -0.2) is 16.0 Å². The number of hydrogen-bond acceptors (Lipinski definition) is 4. The summed E-state index contributed by atoms with van der Waals surface area (Å²) in [6.45, 7) is 0.131. The van der Waals surface area contributed by atoms with Crippen molar-refractivity contribution in [2.45, 2.75) is 6.54 Å². The van der Waals surface area contributed by atoms with Crippen LogP contribution in [0.3, 0.4) is 0 Å². The zero-order valence-corrected chi connectivity index (χ0v) is 16.7. The molecule has 0 aliphatic carbocycles. The van der Waals surface area contributed by atoms with E-state index in [1.54, 1.807) is 30.3 Å². The van der Waals surface area contributed by atoms with Crippen LogP contribution in [0.25, 0.3) is 17.4 Å². The topological polar surface area (TPSA) is 50.5 Å². The van der Waals surface area contributed by atoms with Gasteiger partial charge in [0.1, 0.15) is 11.5 Å². The van der Waals surface area contributed by atoms with Crippen molar-refractivity contribution in [2.24, 2.45) is 0 Å². The van der Waals surface area contributed by atoms with Gasteiger partial charge in [0, 0.05) is 11.6 Å². The minimum absolute atomic E-state index is 0.131. The van der Waals surface area contributed by atoms with E-state index in [1.807, 2.05) is 36.4 Å². The fraction of sp³-hybridized carbons (Fsp3) is 0.0476. The fourth-order valence-electron chi connectivity index (χ4n) is 2.77. The highest BCUT2D eigenvalue weighted by Gasteiger charge is 2.35. The van der Waals surface area contributed by atoms with Crippen LogP contribution in [0.1, 0.15) is 11.3 Å². The average Bonchev–Trinajstić information content (AvgIpc) is 3.26. The van der Waals surface area contributed by atoms with Gasteiger partial charge in [-0.1, -0.05) is 59.6 Å². The van der Waals surface area contributed by atoms with Gasteiger partial charge in [-0.3, -0.25) is 14.5 Å². The van der Waals surface area contributed by atoms with Gasteiger partial charge in [-0.2, -0.15) is 0 Å². The third-order valence-electron chi connectivity index (χ3n) is 4.16. The predicted octanol–water partition coefficient (Wildman–Crippen LogP) is 6.49. The number of rotatable bonds is 4. The molecule has 0 saturated carbocycles. The molecule has 4 rings (SSSR count). The molecular weight excluding hydrogens is 417 g/mol. The van der Waals surface area contributed by atoms with Crippen LogP contribution in [0, 0.1) is 0 Å². The minimum Gasteiger partial charge on any atom is -0.457 e. The number of carbonyl (C=O) groups is 2. The first-order chi connectivity index (χ1) is 13.5. The van der Waals surface area contributed by atoms with Crippen molar-refractivity contribution in [3.63, 3.8) is 0 Å². The van der Waals surface area contributed by atoms with E-state index >= 15 is 0 Å². The van der Waals surface area contributed by atoms with E-state index in [-0.39, 0.29) is 17.7 Å². The smallest absolute Gasteiger partial charge is 0.293 e. The van der Waals surface area contributed by atoms with Crippen molar-refractivity contribution in [3.05, 3.63) is 86.9 Å². The average molecular weight is 430 g/mol. The molecule has 0 radical (unpaired) electrons. The predicted molar refractivity (Wildman–Crippen MR) is 112 cm³/mol. The second-order valence-electron chi connectivity index (χ2n) is 6.08. The van der Waals surface area contributed by atoms with E-state index in [0.717, 1.165) is 22.9 Å². The molecule has 2 amide bonds. The van der Waals surface area contributed by atoms with Crippen LogP contribution in [-0.2, 0) is 11.3 Å². The summed E-state index contributed by atoms with van der Waals surface area (Å²) in [5.74, 6) is 0.847. The number of imide groups is 1. The Morgan fingerprint density at radius 2 is 1.75 bits per heavy atom. The van der Waals surface area contributed by atoms with Crippen LogP contribution in [0.2, 0.25) is 10.0 Å². The summed E-state index contributed by atoms with van der Waals surface area (Å²) in [5, 5.41) is 0.467. The number of carbonyl (C=O) groups excluding carboxylic acids is 2. The Morgan fingerprint density at radius 1 is 0.964 bits per heavy atom. The third-order valence-corrected chi connectivity index (χ3v) is 5.80. The molecule has 1 saturated heterocycles. The van der Waals surface area contributed by atoms with Crippen LogP contribution < -0.4 is 0 Å². The number of halogens is 2. The first-order valence-corrected chi connectivity index (χ1v) is 9.93. The van der Waals surface area contributed by atoms with Crippen LogP contribution in [0.15, 0.2) is 70.0 Å². The van der Waals surface area contributed by atoms with Gasteiger partial charge in [0.05, 0.1) is 21.5 Å². The fourth-order valence-corrected chi connectivity index (χ4v) is 3.91. The van der Waals surface area contributed by atoms with Gasteiger partial charge in [0.2, 0.25) is 0 Å². The highest BCUT2D eigenvalue weighted by molar-refractivity contribution is 8.18. The Balaban J connectivity index is 1.53. The van der Waals surface area contributed by atoms with Crippen molar-refractivity contribution in [3.8, 4) is 11.3 Å². The van der Waals surface area contributed by atoms with Crippen LogP contribution >= 0.6 is 35.0 Å². The van der Waals surface area contributed by atoms with Gasteiger partial charge in [-0.05, 0) is 41.6 Å². The summed E-state index contributed by atoms with van der Waals surface area (Å²) in [7, 11) is 0.